The number of hydrogen-bond donors (Lipinski definition) is 2. The highest BCUT2D eigenvalue weighted by Gasteiger charge is 2.39. The molecule has 9 nitrogen and oxygen atoms in total. The number of anilines is 1. The van der Waals surface area contributed by atoms with E-state index < -0.39 is 16.1 Å². The zero-order valence-corrected chi connectivity index (χ0v) is 21.0. The molecule has 2 aromatic rings. The lowest BCUT2D eigenvalue weighted by atomic mass is 9.94. The number of amides is 2. The van der Waals surface area contributed by atoms with Gasteiger partial charge in [-0.3, -0.25) is 14.3 Å². The minimum atomic E-state index is -3.49. The molecule has 2 heterocycles. The van der Waals surface area contributed by atoms with Crippen LogP contribution in [0.25, 0.3) is 0 Å². The van der Waals surface area contributed by atoms with Gasteiger partial charge in [-0.15, -0.1) is 0 Å². The number of sulfonamides is 1. The van der Waals surface area contributed by atoms with Crippen molar-refractivity contribution in [1.29, 1.82) is 0 Å². The zero-order chi connectivity index (χ0) is 25.9. The van der Waals surface area contributed by atoms with Gasteiger partial charge in [0.25, 0.3) is 5.91 Å². The van der Waals surface area contributed by atoms with Crippen molar-refractivity contribution in [3.63, 3.8) is 0 Å². The molecule has 11 heteroatoms. The lowest BCUT2D eigenvalue weighted by molar-refractivity contribution is -0.134. The standard InChI is InChI=1S/C25H30FN3O6S/c1-3-36(32,33)28-17-8-11-22-19(12-17)25(31)29(2)21-10-9-18(35-23(21)15-34-22)13-24(30)27-14-16-6-4-5-7-20(16)26/h4-8,11-12,18,21,23,28H,3,9-10,13-15H2,1-2H3,(H,27,30)/t18-,21+,23+/m1/s1. The Morgan fingerprint density at radius 2 is 1.97 bits per heavy atom. The van der Waals surface area contributed by atoms with Gasteiger partial charge in [-0.1, -0.05) is 18.2 Å². The second kappa shape index (κ2) is 10.8. The second-order valence-electron chi connectivity index (χ2n) is 8.96. The van der Waals surface area contributed by atoms with Crippen LogP contribution in [0.5, 0.6) is 5.75 Å². The van der Waals surface area contributed by atoms with Crippen LogP contribution in [0.15, 0.2) is 42.5 Å². The average molecular weight is 520 g/mol. The Kier molecular flexibility index (Phi) is 7.79. The number of likely N-dealkylation sites (N-methyl/N-ethyl adjacent to an activating group) is 1. The third kappa shape index (κ3) is 5.96. The average Bonchev–Trinajstić information content (AvgIpc) is 2.86. The summed E-state index contributed by atoms with van der Waals surface area (Å²) in [6, 6.07) is 10.6. The van der Waals surface area contributed by atoms with Crippen molar-refractivity contribution >= 4 is 27.5 Å². The molecule has 0 spiro atoms. The van der Waals surface area contributed by atoms with Crippen LogP contribution in [-0.2, 0) is 26.1 Å². The lowest BCUT2D eigenvalue weighted by Crippen LogP contribution is -2.53. The molecule has 3 atom stereocenters. The minimum absolute atomic E-state index is 0.0855. The third-order valence-corrected chi connectivity index (χ3v) is 7.82. The Labute approximate surface area is 210 Å². The molecule has 0 saturated carbocycles. The van der Waals surface area contributed by atoms with Gasteiger partial charge < -0.3 is 19.7 Å². The predicted molar refractivity (Wildman–Crippen MR) is 132 cm³/mol. The van der Waals surface area contributed by atoms with Crippen LogP contribution in [0.1, 0.15) is 42.1 Å². The topological polar surface area (TPSA) is 114 Å². The molecule has 2 aliphatic rings. The first-order valence-electron chi connectivity index (χ1n) is 11.9. The van der Waals surface area contributed by atoms with E-state index in [1.165, 1.54) is 19.1 Å². The van der Waals surface area contributed by atoms with Gasteiger partial charge in [-0.2, -0.15) is 0 Å². The maximum Gasteiger partial charge on any atom is 0.257 e. The summed E-state index contributed by atoms with van der Waals surface area (Å²) in [5.74, 6) is -0.674. The molecule has 4 rings (SSSR count). The van der Waals surface area contributed by atoms with E-state index in [1.807, 2.05) is 0 Å². The summed E-state index contributed by atoms with van der Waals surface area (Å²) in [6.45, 7) is 1.79. The fourth-order valence-electron chi connectivity index (χ4n) is 4.46. The number of fused-ring (bicyclic) bond motifs is 2. The number of hydrogen-bond acceptors (Lipinski definition) is 6. The Morgan fingerprint density at radius 3 is 2.72 bits per heavy atom. The lowest BCUT2D eigenvalue weighted by Gasteiger charge is -2.42. The van der Waals surface area contributed by atoms with Crippen LogP contribution in [0.4, 0.5) is 10.1 Å². The predicted octanol–water partition coefficient (Wildman–Crippen LogP) is 2.67. The van der Waals surface area contributed by atoms with Crippen LogP contribution < -0.4 is 14.8 Å². The molecule has 0 unspecified atom stereocenters. The van der Waals surface area contributed by atoms with Crippen LogP contribution >= 0.6 is 0 Å². The number of nitrogens with zero attached hydrogens (tertiary/aromatic N) is 1. The highest BCUT2D eigenvalue weighted by molar-refractivity contribution is 7.92. The summed E-state index contributed by atoms with van der Waals surface area (Å²) < 4.78 is 52.2. The Hall–Kier alpha value is -3.18. The molecule has 1 saturated heterocycles. The van der Waals surface area contributed by atoms with Gasteiger partial charge in [-0.05, 0) is 44.0 Å². The summed E-state index contributed by atoms with van der Waals surface area (Å²) in [4.78, 5) is 27.3. The van der Waals surface area contributed by atoms with Gasteiger partial charge >= 0.3 is 0 Å². The van der Waals surface area contributed by atoms with Crippen molar-refractivity contribution in [2.45, 2.75) is 51.0 Å². The van der Waals surface area contributed by atoms with E-state index in [-0.39, 0.29) is 60.7 Å². The van der Waals surface area contributed by atoms with E-state index >= 15 is 0 Å². The van der Waals surface area contributed by atoms with Crippen LogP contribution in [0.3, 0.4) is 0 Å². The molecule has 0 aromatic heterocycles. The van der Waals surface area contributed by atoms with Crippen molar-refractivity contribution in [3.8, 4) is 5.75 Å². The van der Waals surface area contributed by atoms with Crippen molar-refractivity contribution < 1.29 is 31.9 Å². The Morgan fingerprint density at radius 1 is 1.19 bits per heavy atom. The molecule has 2 aromatic carbocycles. The quantitative estimate of drug-likeness (QED) is 0.582. The first kappa shape index (κ1) is 25.9. The molecular weight excluding hydrogens is 489 g/mol. The molecule has 36 heavy (non-hydrogen) atoms. The Balaban J connectivity index is 1.40. The van der Waals surface area contributed by atoms with E-state index in [0.717, 1.165) is 0 Å². The molecule has 0 bridgehead atoms. The zero-order valence-electron chi connectivity index (χ0n) is 20.2. The van der Waals surface area contributed by atoms with Crippen molar-refractivity contribution in [3.05, 3.63) is 59.4 Å². The minimum Gasteiger partial charge on any atom is -0.490 e. The molecule has 2 amide bonds. The van der Waals surface area contributed by atoms with E-state index in [2.05, 4.69) is 10.0 Å². The number of carbonyl (C=O) groups is 2. The van der Waals surface area contributed by atoms with Crippen molar-refractivity contribution in [1.82, 2.24) is 10.2 Å². The summed E-state index contributed by atoms with van der Waals surface area (Å²) in [5, 5.41) is 2.73. The van der Waals surface area contributed by atoms with Gasteiger partial charge in [0.2, 0.25) is 15.9 Å². The third-order valence-electron chi connectivity index (χ3n) is 6.51. The van der Waals surface area contributed by atoms with Gasteiger partial charge in [0.15, 0.2) is 0 Å². The van der Waals surface area contributed by atoms with Crippen LogP contribution in [-0.4, -0.2) is 62.8 Å². The van der Waals surface area contributed by atoms with E-state index in [0.29, 0.717) is 29.8 Å². The van der Waals surface area contributed by atoms with Crippen molar-refractivity contribution in [2.24, 2.45) is 0 Å². The van der Waals surface area contributed by atoms with Gasteiger partial charge in [0.05, 0.1) is 29.9 Å². The number of halogens is 1. The molecule has 2 aliphatic heterocycles. The largest absolute Gasteiger partial charge is 0.490 e. The summed E-state index contributed by atoms with van der Waals surface area (Å²) in [7, 11) is -1.81. The first-order chi connectivity index (χ1) is 17.2. The summed E-state index contributed by atoms with van der Waals surface area (Å²) in [5.41, 5.74) is 0.967. The molecule has 0 radical (unpaired) electrons. The molecular formula is C25H30FN3O6S. The van der Waals surface area contributed by atoms with Crippen molar-refractivity contribution in [2.75, 3.05) is 24.1 Å². The highest BCUT2D eigenvalue weighted by atomic mass is 32.2. The molecule has 194 valence electrons. The van der Waals surface area contributed by atoms with E-state index in [9.17, 15) is 22.4 Å². The van der Waals surface area contributed by atoms with Gasteiger partial charge in [0, 0.05) is 24.8 Å². The Bertz CT molecular complexity index is 1240. The maximum absolute atomic E-state index is 13.8. The molecule has 1 fully saturated rings. The van der Waals surface area contributed by atoms with E-state index in [4.69, 9.17) is 9.47 Å². The number of carbonyl (C=O) groups excluding carboxylic acids is 2. The van der Waals surface area contributed by atoms with Gasteiger partial charge in [-0.25, -0.2) is 12.8 Å². The smallest absolute Gasteiger partial charge is 0.257 e. The normalized spacial score (nSPS) is 21.9. The number of benzene rings is 2. The number of rotatable bonds is 7. The van der Waals surface area contributed by atoms with Crippen LogP contribution in [0, 0.1) is 5.82 Å². The fraction of sp³-hybridized carbons (Fsp3) is 0.440. The molecule has 0 aliphatic carbocycles. The highest BCUT2D eigenvalue weighted by Crippen LogP contribution is 2.32. The number of nitrogens with one attached hydrogen (secondary N) is 2. The SMILES string of the molecule is CCS(=O)(=O)Nc1ccc2c(c1)C(=O)N(C)[C@H]1CC[C@H](CC(=O)NCc3ccccc3F)O[C@H]1CO2. The maximum atomic E-state index is 13.8. The van der Waals surface area contributed by atoms with E-state index in [1.54, 1.807) is 42.3 Å². The fourth-order valence-corrected chi connectivity index (χ4v) is 5.09. The monoisotopic (exact) mass is 519 g/mol. The summed E-state index contributed by atoms with van der Waals surface area (Å²) in [6.07, 6.45) is 0.494. The summed E-state index contributed by atoms with van der Waals surface area (Å²) >= 11 is 0. The first-order valence-corrected chi connectivity index (χ1v) is 13.5. The van der Waals surface area contributed by atoms with Crippen LogP contribution in [0.2, 0.25) is 0 Å². The number of ether oxygens (including phenoxy) is 2. The second-order valence-corrected chi connectivity index (χ2v) is 11.0. The van der Waals surface area contributed by atoms with Gasteiger partial charge in [0.1, 0.15) is 24.3 Å². The molecule has 2 N–H and O–H groups in total.